The van der Waals surface area contributed by atoms with Gasteiger partial charge in [0.1, 0.15) is 11.4 Å². The molecule has 5 aromatic rings. The molecule has 2 aromatic heterocycles. The maximum atomic E-state index is 15.2. The summed E-state index contributed by atoms with van der Waals surface area (Å²) in [5.41, 5.74) is -0.328. The average molecular weight is 611 g/mol. The number of sulfonamides is 1. The molecule has 0 aliphatic rings. The third-order valence-corrected chi connectivity index (χ3v) is 9.45. The number of carbonyl (C=O) groups is 1. The van der Waals surface area contributed by atoms with Crippen LogP contribution < -0.4 is 10.0 Å². The number of halogens is 2. The normalized spacial score (nSPS) is 11.9. The van der Waals surface area contributed by atoms with Gasteiger partial charge in [0.15, 0.2) is 11.5 Å². The van der Waals surface area contributed by atoms with E-state index in [0.29, 0.717) is 16.5 Å². The highest BCUT2D eigenvalue weighted by Crippen LogP contribution is 2.34. The van der Waals surface area contributed by atoms with Crippen molar-refractivity contribution >= 4 is 48.4 Å². The second kappa shape index (κ2) is 11.3. The van der Waals surface area contributed by atoms with Gasteiger partial charge in [-0.3, -0.25) is 9.52 Å². The zero-order chi connectivity index (χ0) is 30.1. The maximum Gasteiger partial charge on any atom is 0.269 e. The molecule has 0 bridgehead atoms. The predicted octanol–water partition coefficient (Wildman–Crippen LogP) is 5.62. The summed E-state index contributed by atoms with van der Waals surface area (Å²) < 4.78 is 84.1. The van der Waals surface area contributed by atoms with Crippen LogP contribution in [0.4, 0.5) is 20.2 Å². The van der Waals surface area contributed by atoms with Gasteiger partial charge >= 0.3 is 0 Å². The number of nitrogens with zero attached hydrogens (tertiary/aromatic N) is 2. The number of hydrogen-bond acceptors (Lipinski definition) is 6. The van der Waals surface area contributed by atoms with E-state index in [2.05, 4.69) is 10.3 Å². The fourth-order valence-corrected chi connectivity index (χ4v) is 6.88. The van der Waals surface area contributed by atoms with Gasteiger partial charge in [0, 0.05) is 17.1 Å². The summed E-state index contributed by atoms with van der Waals surface area (Å²) in [6.45, 7) is 1.62. The Morgan fingerprint density at radius 1 is 0.929 bits per heavy atom. The summed E-state index contributed by atoms with van der Waals surface area (Å²) in [4.78, 5) is 17.4. The molecule has 0 atom stereocenters. The number of rotatable bonds is 9. The number of nitrogens with one attached hydrogen (secondary N) is 2. The molecule has 13 heteroatoms. The SMILES string of the molecule is CCCS(=O)(=O)Nc1ccc(F)c(C(=O)Nc2cnc3c(c2)c(-c2ccccc2)cn3S(=O)(=O)c2ccccc2)c1F. The Kier molecular flexibility index (Phi) is 7.80. The highest BCUT2D eigenvalue weighted by molar-refractivity contribution is 7.92. The van der Waals surface area contributed by atoms with Gasteiger partial charge in [-0.1, -0.05) is 55.5 Å². The molecule has 1 amide bonds. The Balaban J connectivity index is 1.57. The monoisotopic (exact) mass is 610 g/mol. The van der Waals surface area contributed by atoms with Gasteiger partial charge in [-0.15, -0.1) is 0 Å². The second-order valence-corrected chi connectivity index (χ2v) is 12.9. The first kappa shape index (κ1) is 28.9. The van der Waals surface area contributed by atoms with Crippen molar-refractivity contribution in [2.24, 2.45) is 0 Å². The molecular formula is C29H24F2N4O5S2. The van der Waals surface area contributed by atoms with Gasteiger partial charge in [0.05, 0.1) is 28.2 Å². The van der Waals surface area contributed by atoms with Crippen LogP contribution in [-0.2, 0) is 20.0 Å². The minimum atomic E-state index is -4.06. The van der Waals surface area contributed by atoms with E-state index in [1.54, 1.807) is 55.5 Å². The number of carbonyl (C=O) groups excluding carboxylic acids is 1. The number of benzene rings is 3. The van der Waals surface area contributed by atoms with E-state index < -0.39 is 48.8 Å². The lowest BCUT2D eigenvalue weighted by atomic mass is 10.1. The number of amides is 1. The molecule has 0 aliphatic heterocycles. The number of pyridine rings is 1. The van der Waals surface area contributed by atoms with Crippen LogP contribution in [0.1, 0.15) is 23.7 Å². The Hall–Kier alpha value is -4.62. The Bertz CT molecular complexity index is 2020. The van der Waals surface area contributed by atoms with E-state index >= 15 is 4.39 Å². The molecule has 5 rings (SSSR count). The van der Waals surface area contributed by atoms with Crippen LogP contribution in [0.25, 0.3) is 22.2 Å². The van der Waals surface area contributed by atoms with Crippen molar-refractivity contribution in [3.63, 3.8) is 0 Å². The second-order valence-electron chi connectivity index (χ2n) is 9.28. The molecule has 3 aromatic carbocycles. The van der Waals surface area contributed by atoms with E-state index in [9.17, 15) is 26.0 Å². The Morgan fingerprint density at radius 3 is 2.26 bits per heavy atom. The molecule has 0 spiro atoms. The van der Waals surface area contributed by atoms with Crippen LogP contribution in [0.3, 0.4) is 0 Å². The topological polar surface area (TPSA) is 127 Å². The van der Waals surface area contributed by atoms with Crippen LogP contribution in [0.5, 0.6) is 0 Å². The minimum absolute atomic E-state index is 0.0234. The van der Waals surface area contributed by atoms with Crippen molar-refractivity contribution < 1.29 is 30.4 Å². The van der Waals surface area contributed by atoms with Crippen molar-refractivity contribution in [2.75, 3.05) is 15.8 Å². The molecule has 0 aliphatic carbocycles. The summed E-state index contributed by atoms with van der Waals surface area (Å²) in [5.74, 6) is -4.07. The van der Waals surface area contributed by atoms with Gasteiger partial charge in [0.2, 0.25) is 10.0 Å². The highest BCUT2D eigenvalue weighted by atomic mass is 32.2. The van der Waals surface area contributed by atoms with E-state index in [-0.39, 0.29) is 28.4 Å². The molecule has 9 nitrogen and oxygen atoms in total. The van der Waals surface area contributed by atoms with Crippen molar-refractivity contribution in [2.45, 2.75) is 18.2 Å². The molecule has 2 N–H and O–H groups in total. The zero-order valence-electron chi connectivity index (χ0n) is 22.1. The molecule has 0 saturated heterocycles. The number of aromatic nitrogens is 2. The highest BCUT2D eigenvalue weighted by Gasteiger charge is 2.25. The van der Waals surface area contributed by atoms with Crippen LogP contribution in [0.2, 0.25) is 0 Å². The van der Waals surface area contributed by atoms with Crippen molar-refractivity contribution in [1.29, 1.82) is 0 Å². The van der Waals surface area contributed by atoms with Gasteiger partial charge in [-0.05, 0) is 42.3 Å². The van der Waals surface area contributed by atoms with Crippen LogP contribution in [0, 0.1) is 11.6 Å². The van der Waals surface area contributed by atoms with Gasteiger partial charge < -0.3 is 5.32 Å². The molecule has 0 radical (unpaired) electrons. The van der Waals surface area contributed by atoms with E-state index in [1.165, 1.54) is 24.4 Å². The molecule has 0 fully saturated rings. The number of fused-ring (bicyclic) bond motifs is 1. The van der Waals surface area contributed by atoms with Gasteiger partial charge in [-0.2, -0.15) is 0 Å². The lowest BCUT2D eigenvalue weighted by molar-refractivity contribution is 0.101. The quantitative estimate of drug-likeness (QED) is 0.223. The Labute approximate surface area is 240 Å². The Morgan fingerprint density at radius 2 is 1.60 bits per heavy atom. The fourth-order valence-electron chi connectivity index (χ4n) is 4.41. The summed E-state index contributed by atoms with van der Waals surface area (Å²) >= 11 is 0. The smallest absolute Gasteiger partial charge is 0.269 e. The summed E-state index contributed by atoms with van der Waals surface area (Å²) in [5, 5.41) is 2.74. The third kappa shape index (κ3) is 5.60. The lowest BCUT2D eigenvalue weighted by Gasteiger charge is -2.12. The third-order valence-electron chi connectivity index (χ3n) is 6.31. The van der Waals surface area contributed by atoms with E-state index in [4.69, 9.17) is 0 Å². The van der Waals surface area contributed by atoms with Gasteiger partial charge in [0.25, 0.3) is 15.9 Å². The standard InChI is InChI=1S/C29H24F2N4O5S2/c1-2-15-41(37,38)34-25-14-13-24(30)26(27(25)31)29(36)33-20-16-22-23(19-9-5-3-6-10-19)18-35(28(22)32-17-20)42(39,40)21-11-7-4-8-12-21/h3-14,16-18,34H,2,15H2,1H3,(H,33,36). The van der Waals surface area contributed by atoms with E-state index in [1.807, 2.05) is 4.72 Å². The first-order valence-corrected chi connectivity index (χ1v) is 15.8. The van der Waals surface area contributed by atoms with Crippen LogP contribution in [0.15, 0.2) is 96.2 Å². The van der Waals surface area contributed by atoms with Crippen molar-refractivity contribution in [1.82, 2.24) is 8.96 Å². The average Bonchev–Trinajstić information content (AvgIpc) is 3.35. The molecule has 0 saturated carbocycles. The molecule has 42 heavy (non-hydrogen) atoms. The minimum Gasteiger partial charge on any atom is -0.320 e. The number of hydrogen-bond donors (Lipinski definition) is 2. The lowest BCUT2D eigenvalue weighted by Crippen LogP contribution is -2.20. The predicted molar refractivity (Wildman–Crippen MR) is 156 cm³/mol. The number of anilines is 2. The zero-order valence-corrected chi connectivity index (χ0v) is 23.7. The molecule has 216 valence electrons. The van der Waals surface area contributed by atoms with Crippen molar-refractivity contribution in [3.05, 3.63) is 108 Å². The maximum absolute atomic E-state index is 15.2. The molecule has 2 heterocycles. The summed E-state index contributed by atoms with van der Waals surface area (Å²) in [6.07, 6.45) is 2.85. The summed E-state index contributed by atoms with van der Waals surface area (Å²) in [6, 6.07) is 19.8. The first-order valence-electron chi connectivity index (χ1n) is 12.7. The van der Waals surface area contributed by atoms with Crippen LogP contribution >= 0.6 is 0 Å². The fraction of sp³-hybridized carbons (Fsp3) is 0.103. The van der Waals surface area contributed by atoms with Crippen LogP contribution in [-0.4, -0.2) is 37.5 Å². The summed E-state index contributed by atoms with van der Waals surface area (Å²) in [7, 11) is -7.97. The molecular weight excluding hydrogens is 586 g/mol. The van der Waals surface area contributed by atoms with E-state index in [0.717, 1.165) is 22.3 Å². The van der Waals surface area contributed by atoms with Crippen molar-refractivity contribution in [3.8, 4) is 11.1 Å². The molecule has 0 unspecified atom stereocenters. The van der Waals surface area contributed by atoms with Gasteiger partial charge in [-0.25, -0.2) is 34.6 Å². The first-order chi connectivity index (χ1) is 20.0. The largest absolute Gasteiger partial charge is 0.320 e.